The molecule has 114 valence electrons. The summed E-state index contributed by atoms with van der Waals surface area (Å²) in [5, 5.41) is 10.1. The topological polar surface area (TPSA) is 56.3 Å². The van der Waals surface area contributed by atoms with Crippen LogP contribution in [0.4, 0.5) is 0 Å². The van der Waals surface area contributed by atoms with E-state index in [0.29, 0.717) is 17.6 Å². The van der Waals surface area contributed by atoms with E-state index in [1.807, 2.05) is 12.3 Å². The van der Waals surface area contributed by atoms with Gasteiger partial charge in [-0.25, -0.2) is 4.79 Å². The van der Waals surface area contributed by atoms with E-state index < -0.39 is 5.97 Å². The summed E-state index contributed by atoms with van der Waals surface area (Å²) in [7, 11) is 0. The molecule has 4 heteroatoms. The Bertz CT molecular complexity index is 621. The number of benzene rings is 1. The fraction of sp³-hybridized carbons (Fsp3) is 0.471. The molecule has 0 saturated heterocycles. The van der Waals surface area contributed by atoms with Gasteiger partial charge in [-0.3, -0.25) is 4.90 Å². The van der Waals surface area contributed by atoms with Crippen LogP contribution in [-0.4, -0.2) is 39.6 Å². The molecule has 4 nitrogen and oxygen atoms in total. The van der Waals surface area contributed by atoms with Crippen LogP contribution in [0.3, 0.4) is 0 Å². The number of hydrogen-bond donors (Lipinski definition) is 2. The van der Waals surface area contributed by atoms with Crippen LogP contribution >= 0.6 is 0 Å². The average molecular weight is 288 g/mol. The first-order chi connectivity index (χ1) is 9.90. The molecule has 2 aromatic rings. The molecule has 2 N–H and O–H groups in total. The van der Waals surface area contributed by atoms with Gasteiger partial charge < -0.3 is 10.1 Å². The minimum absolute atomic E-state index is 0.341. The molecule has 0 spiro atoms. The number of carboxylic acids is 1. The number of H-pyrrole nitrogens is 1. The van der Waals surface area contributed by atoms with Gasteiger partial charge in [0.25, 0.3) is 0 Å². The van der Waals surface area contributed by atoms with E-state index in [-0.39, 0.29) is 0 Å². The van der Waals surface area contributed by atoms with Crippen molar-refractivity contribution in [2.75, 3.05) is 6.54 Å². The summed E-state index contributed by atoms with van der Waals surface area (Å²) in [5.41, 5.74) is 2.52. The van der Waals surface area contributed by atoms with Crippen LogP contribution in [0.5, 0.6) is 0 Å². The Morgan fingerprint density at radius 3 is 2.48 bits per heavy atom. The van der Waals surface area contributed by atoms with Gasteiger partial charge >= 0.3 is 5.97 Å². The normalized spacial score (nSPS) is 12.0. The molecule has 1 heterocycles. The number of nitrogens with zero attached hydrogens (tertiary/aromatic N) is 1. The predicted molar refractivity (Wildman–Crippen MR) is 85.9 cm³/mol. The lowest BCUT2D eigenvalue weighted by Crippen LogP contribution is -2.38. The van der Waals surface area contributed by atoms with E-state index in [1.54, 1.807) is 12.1 Å². The molecule has 0 radical (unpaired) electrons. The zero-order valence-corrected chi connectivity index (χ0v) is 13.2. The van der Waals surface area contributed by atoms with Crippen LogP contribution < -0.4 is 0 Å². The molecule has 0 amide bonds. The fourth-order valence-electron chi connectivity index (χ4n) is 2.88. The van der Waals surface area contributed by atoms with Crippen molar-refractivity contribution in [2.24, 2.45) is 0 Å². The Morgan fingerprint density at radius 1 is 1.24 bits per heavy atom. The first kappa shape index (κ1) is 15.6. The van der Waals surface area contributed by atoms with Gasteiger partial charge in [0, 0.05) is 35.7 Å². The monoisotopic (exact) mass is 288 g/mol. The minimum Gasteiger partial charge on any atom is -0.478 e. The summed E-state index contributed by atoms with van der Waals surface area (Å²) in [5.74, 6) is -0.880. The summed E-state index contributed by atoms with van der Waals surface area (Å²) in [6.45, 7) is 9.80. The number of aromatic amines is 1. The van der Waals surface area contributed by atoms with Crippen LogP contribution in [-0.2, 0) is 6.42 Å². The second kappa shape index (κ2) is 6.31. The molecule has 0 aliphatic heterocycles. The quantitative estimate of drug-likeness (QED) is 0.855. The lowest BCUT2D eigenvalue weighted by Gasteiger charge is -2.30. The third kappa shape index (κ3) is 3.45. The summed E-state index contributed by atoms with van der Waals surface area (Å²) in [6, 6.07) is 6.25. The molecule has 21 heavy (non-hydrogen) atoms. The van der Waals surface area contributed by atoms with Gasteiger partial charge in [-0.1, -0.05) is 0 Å². The fourth-order valence-corrected chi connectivity index (χ4v) is 2.88. The second-order valence-corrected chi connectivity index (χ2v) is 6.05. The van der Waals surface area contributed by atoms with E-state index >= 15 is 0 Å². The predicted octanol–water partition coefficient (Wildman–Crippen LogP) is 3.53. The highest BCUT2D eigenvalue weighted by Gasteiger charge is 2.14. The number of rotatable bonds is 6. The van der Waals surface area contributed by atoms with Crippen molar-refractivity contribution in [2.45, 2.75) is 46.2 Å². The highest BCUT2D eigenvalue weighted by molar-refractivity contribution is 5.94. The number of fused-ring (bicyclic) bond motifs is 1. The number of hydrogen-bond acceptors (Lipinski definition) is 2. The third-order valence-electron chi connectivity index (χ3n) is 3.98. The zero-order valence-electron chi connectivity index (χ0n) is 13.2. The van der Waals surface area contributed by atoms with Crippen molar-refractivity contribution >= 4 is 16.9 Å². The van der Waals surface area contributed by atoms with Crippen molar-refractivity contribution in [3.8, 4) is 0 Å². The Labute approximate surface area is 125 Å². The maximum atomic E-state index is 11.1. The van der Waals surface area contributed by atoms with E-state index in [1.165, 1.54) is 5.56 Å². The number of aromatic nitrogens is 1. The molecule has 0 atom stereocenters. The van der Waals surface area contributed by atoms with Crippen LogP contribution in [0.1, 0.15) is 43.6 Å². The summed E-state index contributed by atoms with van der Waals surface area (Å²) >= 11 is 0. The Hall–Kier alpha value is -1.81. The smallest absolute Gasteiger partial charge is 0.335 e. The van der Waals surface area contributed by atoms with Gasteiger partial charge in [0.2, 0.25) is 0 Å². The summed E-state index contributed by atoms with van der Waals surface area (Å²) < 4.78 is 0. The van der Waals surface area contributed by atoms with E-state index in [0.717, 1.165) is 23.9 Å². The van der Waals surface area contributed by atoms with Gasteiger partial charge in [-0.2, -0.15) is 0 Å². The summed E-state index contributed by atoms with van der Waals surface area (Å²) in [6.07, 6.45) is 2.91. The maximum absolute atomic E-state index is 11.1. The number of carboxylic acid groups (broad SMARTS) is 1. The first-order valence-electron chi connectivity index (χ1n) is 7.49. The molecule has 0 saturated carbocycles. The standard InChI is InChI=1S/C17H24N2O2/c1-11(2)19(12(3)4)8-7-14-10-18-16-6-5-13(17(20)21)9-15(14)16/h5-6,9-12,18H,7-8H2,1-4H3,(H,20,21). The Morgan fingerprint density at radius 2 is 1.90 bits per heavy atom. The van der Waals surface area contributed by atoms with Gasteiger partial charge in [-0.05, 0) is 57.9 Å². The van der Waals surface area contributed by atoms with E-state index in [4.69, 9.17) is 5.11 Å². The lowest BCUT2D eigenvalue weighted by molar-refractivity contribution is 0.0697. The van der Waals surface area contributed by atoms with Gasteiger partial charge in [0.05, 0.1) is 5.56 Å². The first-order valence-corrected chi connectivity index (χ1v) is 7.49. The number of carbonyl (C=O) groups is 1. The molecule has 0 unspecified atom stereocenters. The summed E-state index contributed by atoms with van der Waals surface area (Å²) in [4.78, 5) is 16.8. The zero-order chi connectivity index (χ0) is 15.6. The van der Waals surface area contributed by atoms with E-state index in [2.05, 4.69) is 37.6 Å². The van der Waals surface area contributed by atoms with Crippen LogP contribution in [0.25, 0.3) is 10.9 Å². The van der Waals surface area contributed by atoms with Crippen molar-refractivity contribution < 1.29 is 9.90 Å². The maximum Gasteiger partial charge on any atom is 0.335 e. The average Bonchev–Trinajstić information content (AvgIpc) is 2.80. The van der Waals surface area contributed by atoms with Crippen LogP contribution in [0.15, 0.2) is 24.4 Å². The SMILES string of the molecule is CC(C)N(CCc1c[nH]c2ccc(C(=O)O)cc12)C(C)C. The van der Waals surface area contributed by atoms with Crippen molar-refractivity contribution in [1.29, 1.82) is 0 Å². The van der Waals surface area contributed by atoms with Crippen molar-refractivity contribution in [1.82, 2.24) is 9.88 Å². The number of aromatic carboxylic acids is 1. The molecule has 0 aliphatic carbocycles. The highest BCUT2D eigenvalue weighted by atomic mass is 16.4. The molecular formula is C17H24N2O2. The van der Waals surface area contributed by atoms with Crippen LogP contribution in [0, 0.1) is 0 Å². The van der Waals surface area contributed by atoms with Crippen LogP contribution in [0.2, 0.25) is 0 Å². The van der Waals surface area contributed by atoms with Crippen molar-refractivity contribution in [3.63, 3.8) is 0 Å². The van der Waals surface area contributed by atoms with Gasteiger partial charge in [-0.15, -0.1) is 0 Å². The Kier molecular flexibility index (Phi) is 4.68. The van der Waals surface area contributed by atoms with Gasteiger partial charge in [0.1, 0.15) is 0 Å². The van der Waals surface area contributed by atoms with Gasteiger partial charge in [0.15, 0.2) is 0 Å². The lowest BCUT2D eigenvalue weighted by atomic mass is 10.1. The molecular weight excluding hydrogens is 264 g/mol. The highest BCUT2D eigenvalue weighted by Crippen LogP contribution is 2.21. The Balaban J connectivity index is 2.22. The minimum atomic E-state index is -0.880. The third-order valence-corrected chi connectivity index (χ3v) is 3.98. The molecule has 1 aromatic heterocycles. The molecule has 1 aromatic carbocycles. The van der Waals surface area contributed by atoms with Crippen molar-refractivity contribution in [3.05, 3.63) is 35.5 Å². The molecule has 0 bridgehead atoms. The molecule has 2 rings (SSSR count). The molecule has 0 fully saturated rings. The largest absolute Gasteiger partial charge is 0.478 e. The van der Waals surface area contributed by atoms with E-state index in [9.17, 15) is 4.79 Å². The number of nitrogens with one attached hydrogen (secondary N) is 1. The molecule has 0 aliphatic rings. The second-order valence-electron chi connectivity index (χ2n) is 6.05.